The van der Waals surface area contributed by atoms with Gasteiger partial charge < -0.3 is 4.57 Å². The van der Waals surface area contributed by atoms with Crippen LogP contribution in [0.3, 0.4) is 0 Å². The van der Waals surface area contributed by atoms with Gasteiger partial charge >= 0.3 is 0 Å². The number of imidazole rings is 1. The Morgan fingerprint density at radius 2 is 1.67 bits per heavy atom. The molecule has 0 radical (unpaired) electrons. The summed E-state index contributed by atoms with van der Waals surface area (Å²) in [7, 11) is 1.97. The minimum atomic E-state index is -0.590. The van der Waals surface area contributed by atoms with Crippen LogP contribution in [0.2, 0.25) is 0 Å². The number of pyridine rings is 1. The van der Waals surface area contributed by atoms with Crippen molar-refractivity contribution in [3.05, 3.63) is 118 Å². The third-order valence-electron chi connectivity index (χ3n) is 7.39. The van der Waals surface area contributed by atoms with Crippen LogP contribution in [0.25, 0.3) is 22.0 Å². The van der Waals surface area contributed by atoms with E-state index in [-0.39, 0.29) is 11.6 Å². The molecule has 1 atom stereocenters. The summed E-state index contributed by atoms with van der Waals surface area (Å²) < 4.78 is 30.1. The second-order valence-electron chi connectivity index (χ2n) is 9.63. The zero-order valence-electron chi connectivity index (χ0n) is 21.2. The molecular weight excluding hydrogens is 452 g/mol. The Morgan fingerprint density at radius 1 is 0.917 bits per heavy atom. The van der Waals surface area contributed by atoms with Crippen molar-refractivity contribution in [1.29, 1.82) is 0 Å². The lowest BCUT2D eigenvalue weighted by molar-refractivity contribution is 0.609. The minimum Gasteiger partial charge on any atom is -0.337 e. The number of hydrogen-bond acceptors (Lipinski definition) is 2. The van der Waals surface area contributed by atoms with Gasteiger partial charge in [-0.3, -0.25) is 4.98 Å². The molecule has 0 amide bonds. The summed E-state index contributed by atoms with van der Waals surface area (Å²) in [4.78, 5) is 9.44. The summed E-state index contributed by atoms with van der Waals surface area (Å²) in [5.41, 5.74) is 8.25. The van der Waals surface area contributed by atoms with E-state index in [1.807, 2.05) is 36.0 Å². The molecule has 3 nitrogen and oxygen atoms in total. The molecule has 0 aliphatic rings. The first kappa shape index (κ1) is 23.9. The summed E-state index contributed by atoms with van der Waals surface area (Å²) in [6, 6.07) is 17.7. The van der Waals surface area contributed by atoms with Gasteiger partial charge in [0.2, 0.25) is 0 Å². The number of fused-ring (bicyclic) bond motifs is 1. The van der Waals surface area contributed by atoms with Gasteiger partial charge in [-0.15, -0.1) is 0 Å². The van der Waals surface area contributed by atoms with Gasteiger partial charge in [0.25, 0.3) is 0 Å². The van der Waals surface area contributed by atoms with Gasteiger partial charge in [-0.25, -0.2) is 13.8 Å². The zero-order chi connectivity index (χ0) is 25.6. The van der Waals surface area contributed by atoms with Gasteiger partial charge in [-0.2, -0.15) is 0 Å². The number of hydrogen-bond donors (Lipinski definition) is 0. The molecule has 2 heterocycles. The molecule has 5 rings (SSSR count). The van der Waals surface area contributed by atoms with E-state index < -0.39 is 5.41 Å². The predicted octanol–water partition coefficient (Wildman–Crippen LogP) is 7.45. The van der Waals surface area contributed by atoms with Crippen molar-refractivity contribution in [3.63, 3.8) is 0 Å². The molecule has 182 valence electrons. The third-order valence-corrected chi connectivity index (χ3v) is 7.39. The molecule has 0 saturated carbocycles. The van der Waals surface area contributed by atoms with Crippen molar-refractivity contribution in [2.24, 2.45) is 7.05 Å². The smallest absolute Gasteiger partial charge is 0.123 e. The average Bonchev–Trinajstić information content (AvgIpc) is 3.30. The molecule has 0 spiro atoms. The third kappa shape index (κ3) is 3.79. The number of nitrogens with zero attached hydrogens (tertiary/aromatic N) is 3. The molecule has 0 aliphatic carbocycles. The van der Waals surface area contributed by atoms with Gasteiger partial charge in [-0.1, -0.05) is 37.3 Å². The van der Waals surface area contributed by atoms with Crippen molar-refractivity contribution in [3.8, 4) is 11.1 Å². The maximum absolute atomic E-state index is 14.2. The van der Waals surface area contributed by atoms with Crippen LogP contribution in [0.1, 0.15) is 47.5 Å². The lowest BCUT2D eigenvalue weighted by Gasteiger charge is -2.32. The summed E-state index contributed by atoms with van der Waals surface area (Å²) in [6.45, 7) is 8.39. The van der Waals surface area contributed by atoms with Crippen LogP contribution in [0.5, 0.6) is 0 Å². The summed E-state index contributed by atoms with van der Waals surface area (Å²) in [5, 5.41) is 1.02. The first-order valence-corrected chi connectivity index (χ1v) is 12.2. The molecule has 2 aromatic heterocycles. The van der Waals surface area contributed by atoms with Crippen LogP contribution in [0.4, 0.5) is 8.78 Å². The standard InChI is InChI=1S/C31H29F2N3/c1-6-27-29(21-8-7-9-25(33)15-21)20(3)26-16-23(14-19(2)30(26)35-27)31(4,28-17-34-18-36(28)5)22-10-12-24(32)13-11-22/h7-18H,6H2,1-5H3. The molecule has 0 bridgehead atoms. The molecule has 1 unspecified atom stereocenters. The van der Waals surface area contributed by atoms with Gasteiger partial charge in [-0.05, 0) is 85.3 Å². The van der Waals surface area contributed by atoms with E-state index in [0.717, 1.165) is 62.1 Å². The molecular formula is C31H29F2N3. The zero-order valence-corrected chi connectivity index (χ0v) is 21.2. The fourth-order valence-electron chi connectivity index (χ4n) is 5.41. The van der Waals surface area contributed by atoms with E-state index in [9.17, 15) is 8.78 Å². The second kappa shape index (κ2) is 8.98. The van der Waals surface area contributed by atoms with E-state index in [2.05, 4.69) is 44.8 Å². The van der Waals surface area contributed by atoms with Crippen LogP contribution in [0.15, 0.2) is 73.2 Å². The number of halogens is 2. The Bertz CT molecular complexity index is 1580. The van der Waals surface area contributed by atoms with E-state index in [1.54, 1.807) is 18.5 Å². The highest BCUT2D eigenvalue weighted by molar-refractivity contribution is 5.92. The number of aromatic nitrogens is 3. The Hall–Kier alpha value is -3.86. The maximum Gasteiger partial charge on any atom is 0.123 e. The van der Waals surface area contributed by atoms with Crippen molar-refractivity contribution in [1.82, 2.24) is 14.5 Å². The van der Waals surface area contributed by atoms with Gasteiger partial charge in [0.15, 0.2) is 0 Å². The number of aryl methyl sites for hydroxylation is 4. The fraction of sp³-hybridized carbons (Fsp3) is 0.226. The normalized spacial score (nSPS) is 13.2. The Balaban J connectivity index is 1.83. The monoisotopic (exact) mass is 481 g/mol. The van der Waals surface area contributed by atoms with Crippen LogP contribution >= 0.6 is 0 Å². The quantitative estimate of drug-likeness (QED) is 0.261. The molecule has 0 saturated heterocycles. The number of benzene rings is 3. The van der Waals surface area contributed by atoms with Gasteiger partial charge in [0, 0.05) is 29.9 Å². The molecule has 0 fully saturated rings. The van der Waals surface area contributed by atoms with Crippen LogP contribution < -0.4 is 0 Å². The van der Waals surface area contributed by atoms with E-state index in [0.29, 0.717) is 0 Å². The predicted molar refractivity (Wildman–Crippen MR) is 141 cm³/mol. The molecule has 0 aliphatic heterocycles. The molecule has 0 N–H and O–H groups in total. The average molecular weight is 482 g/mol. The van der Waals surface area contributed by atoms with Crippen molar-refractivity contribution < 1.29 is 8.78 Å². The van der Waals surface area contributed by atoms with Crippen molar-refractivity contribution in [2.45, 2.75) is 39.5 Å². The van der Waals surface area contributed by atoms with E-state index >= 15 is 0 Å². The van der Waals surface area contributed by atoms with Gasteiger partial charge in [0.05, 0.1) is 23.0 Å². The Kier molecular flexibility index (Phi) is 5.95. The first-order chi connectivity index (χ1) is 17.2. The molecule has 36 heavy (non-hydrogen) atoms. The minimum absolute atomic E-state index is 0.265. The first-order valence-electron chi connectivity index (χ1n) is 12.2. The summed E-state index contributed by atoms with van der Waals surface area (Å²) in [6.07, 6.45) is 4.39. The molecule has 3 aromatic carbocycles. The summed E-state index contributed by atoms with van der Waals surface area (Å²) in [5.74, 6) is -0.535. The molecule has 5 heteroatoms. The van der Waals surface area contributed by atoms with E-state index in [1.165, 1.54) is 18.2 Å². The second-order valence-corrected chi connectivity index (χ2v) is 9.63. The van der Waals surface area contributed by atoms with Crippen LogP contribution in [-0.2, 0) is 18.9 Å². The molecule has 5 aromatic rings. The number of rotatable bonds is 5. The SMILES string of the molecule is CCc1nc2c(C)cc(C(C)(c3ccc(F)cc3)c3cncn3C)cc2c(C)c1-c1cccc(F)c1. The van der Waals surface area contributed by atoms with Crippen molar-refractivity contribution >= 4 is 10.9 Å². The van der Waals surface area contributed by atoms with Crippen LogP contribution in [0, 0.1) is 25.5 Å². The Morgan fingerprint density at radius 3 is 2.31 bits per heavy atom. The Labute approximate surface area is 210 Å². The topological polar surface area (TPSA) is 30.7 Å². The van der Waals surface area contributed by atoms with Crippen molar-refractivity contribution in [2.75, 3.05) is 0 Å². The maximum atomic E-state index is 14.2. The highest BCUT2D eigenvalue weighted by Crippen LogP contribution is 2.42. The van der Waals surface area contributed by atoms with Gasteiger partial charge in [0.1, 0.15) is 11.6 Å². The largest absolute Gasteiger partial charge is 0.337 e. The van der Waals surface area contributed by atoms with Crippen LogP contribution in [-0.4, -0.2) is 14.5 Å². The highest BCUT2D eigenvalue weighted by atomic mass is 19.1. The fourth-order valence-corrected chi connectivity index (χ4v) is 5.41. The lowest BCUT2D eigenvalue weighted by Crippen LogP contribution is -2.28. The lowest BCUT2D eigenvalue weighted by atomic mass is 9.72. The summed E-state index contributed by atoms with van der Waals surface area (Å²) >= 11 is 0. The van der Waals surface area contributed by atoms with E-state index in [4.69, 9.17) is 4.98 Å². The highest BCUT2D eigenvalue weighted by Gasteiger charge is 2.35.